The van der Waals surface area contributed by atoms with E-state index in [0.717, 1.165) is 6.07 Å². The molecule has 0 unspecified atom stereocenters. The normalized spacial score (nSPS) is 13.2. The Labute approximate surface area is 96.8 Å². The summed E-state index contributed by atoms with van der Waals surface area (Å²) in [4.78, 5) is 0. The van der Waals surface area contributed by atoms with E-state index in [1.165, 1.54) is 19.1 Å². The van der Waals surface area contributed by atoms with Gasteiger partial charge in [-0.2, -0.15) is 13.2 Å². The Kier molecular flexibility index (Phi) is 4.90. The standard InChI is InChI=1S/C9H9ClF3N.ClH/c1-5(14)7-3-2-6(10)4-8(7)9(11,12)13;/h2-5H,14H2,1H3;1H/t5-;/m0./s1. The summed E-state index contributed by atoms with van der Waals surface area (Å²) in [6.45, 7) is 1.50. The van der Waals surface area contributed by atoms with Crippen molar-refractivity contribution >= 4 is 24.0 Å². The molecule has 0 aromatic heterocycles. The molecule has 0 aliphatic heterocycles. The molecule has 1 rings (SSSR count). The van der Waals surface area contributed by atoms with Gasteiger partial charge in [0.2, 0.25) is 0 Å². The molecule has 0 aliphatic carbocycles. The van der Waals surface area contributed by atoms with E-state index in [0.29, 0.717) is 0 Å². The van der Waals surface area contributed by atoms with Crippen LogP contribution in [0.25, 0.3) is 0 Å². The molecule has 0 radical (unpaired) electrons. The lowest BCUT2D eigenvalue weighted by atomic mass is 10.0. The third kappa shape index (κ3) is 3.55. The Morgan fingerprint density at radius 2 is 1.87 bits per heavy atom. The number of halogens is 5. The second kappa shape index (κ2) is 5.05. The van der Waals surface area contributed by atoms with Gasteiger partial charge in [-0.25, -0.2) is 0 Å². The summed E-state index contributed by atoms with van der Waals surface area (Å²) in [6, 6.07) is 2.93. The Balaban J connectivity index is 0.00000196. The van der Waals surface area contributed by atoms with Crippen LogP contribution in [0, 0.1) is 0 Å². The first-order chi connectivity index (χ1) is 6.32. The van der Waals surface area contributed by atoms with Gasteiger partial charge in [-0.3, -0.25) is 0 Å². The van der Waals surface area contributed by atoms with Crippen molar-refractivity contribution in [1.29, 1.82) is 0 Å². The van der Waals surface area contributed by atoms with E-state index in [9.17, 15) is 13.2 Å². The largest absolute Gasteiger partial charge is 0.416 e. The highest BCUT2D eigenvalue weighted by atomic mass is 35.5. The van der Waals surface area contributed by atoms with Crippen LogP contribution in [0.15, 0.2) is 18.2 Å². The summed E-state index contributed by atoms with van der Waals surface area (Å²) < 4.78 is 37.4. The Morgan fingerprint density at radius 1 is 1.33 bits per heavy atom. The summed E-state index contributed by atoms with van der Waals surface area (Å²) in [5.41, 5.74) is 4.71. The Morgan fingerprint density at radius 3 is 2.27 bits per heavy atom. The summed E-state index contributed by atoms with van der Waals surface area (Å²) >= 11 is 5.49. The molecule has 0 amide bonds. The fourth-order valence-corrected chi connectivity index (χ4v) is 1.34. The minimum absolute atomic E-state index is 0. The van der Waals surface area contributed by atoms with Gasteiger partial charge in [-0.1, -0.05) is 17.7 Å². The van der Waals surface area contributed by atoms with Gasteiger partial charge in [0, 0.05) is 11.1 Å². The van der Waals surface area contributed by atoms with Crippen LogP contribution in [-0.2, 0) is 6.18 Å². The molecular formula is C9H10Cl2F3N. The van der Waals surface area contributed by atoms with Gasteiger partial charge in [0.1, 0.15) is 0 Å². The minimum Gasteiger partial charge on any atom is -0.324 e. The van der Waals surface area contributed by atoms with E-state index in [2.05, 4.69) is 0 Å². The number of hydrogen-bond acceptors (Lipinski definition) is 1. The molecule has 15 heavy (non-hydrogen) atoms. The Hall–Kier alpha value is -0.450. The van der Waals surface area contributed by atoms with E-state index in [1.54, 1.807) is 0 Å². The van der Waals surface area contributed by atoms with Gasteiger partial charge >= 0.3 is 6.18 Å². The smallest absolute Gasteiger partial charge is 0.324 e. The number of hydrogen-bond donors (Lipinski definition) is 1. The lowest BCUT2D eigenvalue weighted by Gasteiger charge is -2.15. The zero-order chi connectivity index (χ0) is 10.9. The first kappa shape index (κ1) is 14.5. The maximum Gasteiger partial charge on any atom is 0.416 e. The van der Waals surface area contributed by atoms with Crippen molar-refractivity contribution in [2.24, 2.45) is 5.73 Å². The number of rotatable bonds is 1. The van der Waals surface area contributed by atoms with Gasteiger partial charge in [-0.05, 0) is 24.6 Å². The number of alkyl halides is 3. The SMILES string of the molecule is C[C@H](N)c1ccc(Cl)cc1C(F)(F)F.Cl. The molecule has 1 aromatic carbocycles. The molecule has 1 atom stereocenters. The molecular weight excluding hydrogens is 250 g/mol. The van der Waals surface area contributed by atoms with Crippen molar-refractivity contribution in [2.45, 2.75) is 19.1 Å². The maximum atomic E-state index is 12.5. The zero-order valence-electron chi connectivity index (χ0n) is 7.81. The van der Waals surface area contributed by atoms with E-state index in [-0.39, 0.29) is 23.0 Å². The predicted octanol–water partition coefficient (Wildman–Crippen LogP) is 3.80. The fraction of sp³-hybridized carbons (Fsp3) is 0.333. The molecule has 1 aromatic rings. The average Bonchev–Trinajstić information content (AvgIpc) is 2.01. The van der Waals surface area contributed by atoms with Crippen LogP contribution in [-0.4, -0.2) is 0 Å². The van der Waals surface area contributed by atoms with Gasteiger partial charge in [0.15, 0.2) is 0 Å². The summed E-state index contributed by atoms with van der Waals surface area (Å²) in [7, 11) is 0. The van der Waals surface area contributed by atoms with Gasteiger partial charge in [-0.15, -0.1) is 12.4 Å². The topological polar surface area (TPSA) is 26.0 Å². The minimum atomic E-state index is -4.41. The van der Waals surface area contributed by atoms with Crippen molar-refractivity contribution < 1.29 is 13.2 Å². The second-order valence-corrected chi connectivity index (χ2v) is 3.45. The third-order valence-electron chi connectivity index (χ3n) is 1.81. The monoisotopic (exact) mass is 259 g/mol. The van der Waals surface area contributed by atoms with E-state index in [4.69, 9.17) is 17.3 Å². The molecule has 2 N–H and O–H groups in total. The van der Waals surface area contributed by atoms with Crippen molar-refractivity contribution in [3.05, 3.63) is 34.3 Å². The molecule has 1 nitrogen and oxygen atoms in total. The molecule has 0 saturated heterocycles. The molecule has 6 heteroatoms. The van der Waals surface area contributed by atoms with Crippen molar-refractivity contribution in [1.82, 2.24) is 0 Å². The molecule has 86 valence electrons. The summed E-state index contributed by atoms with van der Waals surface area (Å²) in [5, 5.41) is 0.0572. The van der Waals surface area contributed by atoms with E-state index in [1.807, 2.05) is 0 Å². The molecule has 0 aliphatic rings. The second-order valence-electron chi connectivity index (χ2n) is 3.02. The highest BCUT2D eigenvalue weighted by Gasteiger charge is 2.34. The quantitative estimate of drug-likeness (QED) is 0.816. The third-order valence-corrected chi connectivity index (χ3v) is 2.05. The van der Waals surface area contributed by atoms with E-state index < -0.39 is 17.8 Å². The predicted molar refractivity (Wildman–Crippen MR) is 56.3 cm³/mol. The summed E-state index contributed by atoms with van der Waals surface area (Å²) in [6.07, 6.45) is -4.41. The fourth-order valence-electron chi connectivity index (χ4n) is 1.17. The van der Waals surface area contributed by atoms with Crippen LogP contribution in [0.5, 0.6) is 0 Å². The molecule has 0 saturated carbocycles. The average molecular weight is 260 g/mol. The highest BCUT2D eigenvalue weighted by molar-refractivity contribution is 6.30. The molecule has 0 bridgehead atoms. The highest BCUT2D eigenvalue weighted by Crippen LogP contribution is 2.35. The van der Waals surface area contributed by atoms with Gasteiger partial charge in [0.05, 0.1) is 5.56 Å². The first-order valence-electron chi connectivity index (χ1n) is 3.94. The van der Waals surface area contributed by atoms with E-state index >= 15 is 0 Å². The van der Waals surface area contributed by atoms with Gasteiger partial charge < -0.3 is 5.73 Å². The van der Waals surface area contributed by atoms with Crippen LogP contribution in [0.4, 0.5) is 13.2 Å². The zero-order valence-corrected chi connectivity index (χ0v) is 9.38. The molecule has 0 heterocycles. The molecule has 0 fully saturated rings. The van der Waals surface area contributed by atoms with Crippen LogP contribution in [0.3, 0.4) is 0 Å². The lowest BCUT2D eigenvalue weighted by molar-refractivity contribution is -0.138. The van der Waals surface area contributed by atoms with Crippen molar-refractivity contribution in [2.75, 3.05) is 0 Å². The van der Waals surface area contributed by atoms with Gasteiger partial charge in [0.25, 0.3) is 0 Å². The first-order valence-corrected chi connectivity index (χ1v) is 4.32. The number of benzene rings is 1. The van der Waals surface area contributed by atoms with Crippen molar-refractivity contribution in [3.63, 3.8) is 0 Å². The molecule has 0 spiro atoms. The van der Waals surface area contributed by atoms with Crippen LogP contribution < -0.4 is 5.73 Å². The maximum absolute atomic E-state index is 12.5. The van der Waals surface area contributed by atoms with Crippen LogP contribution in [0.1, 0.15) is 24.1 Å². The number of nitrogens with two attached hydrogens (primary N) is 1. The van der Waals surface area contributed by atoms with Crippen LogP contribution >= 0.6 is 24.0 Å². The van der Waals surface area contributed by atoms with Crippen molar-refractivity contribution in [3.8, 4) is 0 Å². The summed E-state index contributed by atoms with van der Waals surface area (Å²) in [5.74, 6) is 0. The van der Waals surface area contributed by atoms with Crippen LogP contribution in [0.2, 0.25) is 5.02 Å². The lowest BCUT2D eigenvalue weighted by Crippen LogP contribution is -2.15. The Bertz CT molecular complexity index is 337.